The number of hydrogen-bond acceptors (Lipinski definition) is 14. The smallest absolute Gasteiger partial charge is 0.471 e. The number of methoxy groups -OCH3 is 1. The number of carboxylic acids is 1. The maximum Gasteiger partial charge on any atom is 0.471 e. The van der Waals surface area contributed by atoms with Crippen molar-refractivity contribution in [3.05, 3.63) is 11.5 Å². The zero-order valence-corrected chi connectivity index (χ0v) is 29.8. The predicted molar refractivity (Wildman–Crippen MR) is 171 cm³/mol. The fraction of sp³-hybridized carbons (Fsp3) is 0.882. The lowest BCUT2D eigenvalue weighted by atomic mass is 9.74. The molecule has 15 atom stereocenters. The van der Waals surface area contributed by atoms with E-state index < -0.39 is 110 Å². The van der Waals surface area contributed by atoms with E-state index in [0.29, 0.717) is 25.7 Å². The number of halogens is 3. The second kappa shape index (κ2) is 17.6. The van der Waals surface area contributed by atoms with E-state index in [1.165, 1.54) is 14.0 Å². The first-order valence-electron chi connectivity index (χ1n) is 18.2. The first kappa shape index (κ1) is 41.8. The van der Waals surface area contributed by atoms with Gasteiger partial charge in [0.1, 0.15) is 48.4 Å². The van der Waals surface area contributed by atoms with Crippen LogP contribution in [0.4, 0.5) is 13.2 Å². The van der Waals surface area contributed by atoms with E-state index in [9.17, 15) is 53.4 Å². The minimum atomic E-state index is -5.41. The van der Waals surface area contributed by atoms with E-state index in [4.69, 9.17) is 33.2 Å². The van der Waals surface area contributed by atoms with E-state index >= 15 is 0 Å². The summed E-state index contributed by atoms with van der Waals surface area (Å²) in [6.45, 7) is 2.31. The Balaban J connectivity index is 1.48. The van der Waals surface area contributed by atoms with Crippen LogP contribution in [0.5, 0.6) is 0 Å². The predicted octanol–water partition coefficient (Wildman–Crippen LogP) is 1.37. The third-order valence-electron chi connectivity index (χ3n) is 11.1. The van der Waals surface area contributed by atoms with Crippen molar-refractivity contribution in [1.82, 2.24) is 5.32 Å². The second-order valence-electron chi connectivity index (χ2n) is 14.6. The van der Waals surface area contributed by atoms with Crippen LogP contribution >= 0.6 is 0 Å². The van der Waals surface area contributed by atoms with Crippen molar-refractivity contribution in [1.29, 1.82) is 0 Å². The largest absolute Gasteiger partial charge is 0.506 e. The SMILES string of the molecule is CCC1CC(C2OC2OC)C[C@@H](O[C@@H]2OC(CO)[C@H](O)C(O[C@@H](CC3CCCCC3)C(=O)O)C2NC(=O)C(F)(F)F)C1OC1OC(C)=C(O)C(O)[C@@H]1O. The van der Waals surface area contributed by atoms with Gasteiger partial charge >= 0.3 is 18.1 Å². The molecule has 2 saturated heterocycles. The molecule has 53 heavy (non-hydrogen) atoms. The molecule has 2 aliphatic carbocycles. The number of aliphatic hydroxyl groups is 5. The number of hydrogen-bond donors (Lipinski definition) is 7. The van der Waals surface area contributed by atoms with E-state index in [2.05, 4.69) is 0 Å². The van der Waals surface area contributed by atoms with Gasteiger partial charge in [0.2, 0.25) is 6.29 Å². The fourth-order valence-electron chi connectivity index (χ4n) is 8.11. The van der Waals surface area contributed by atoms with Gasteiger partial charge in [-0.25, -0.2) is 4.79 Å². The first-order chi connectivity index (χ1) is 25.1. The molecule has 1 amide bonds. The number of carboxylic acid groups (broad SMARTS) is 1. The molecule has 0 aromatic carbocycles. The third kappa shape index (κ3) is 9.74. The van der Waals surface area contributed by atoms with Gasteiger partial charge in [0.05, 0.1) is 18.8 Å². The molecule has 19 heteroatoms. The molecular formula is C34H52F3NO15. The van der Waals surface area contributed by atoms with Crippen LogP contribution in [0, 0.1) is 17.8 Å². The first-order valence-corrected chi connectivity index (χ1v) is 18.2. The number of aliphatic carboxylic acids is 1. The fourth-order valence-corrected chi connectivity index (χ4v) is 8.11. The number of epoxide rings is 1. The van der Waals surface area contributed by atoms with Gasteiger partial charge in [0.15, 0.2) is 24.4 Å². The molecule has 304 valence electrons. The highest BCUT2D eigenvalue weighted by molar-refractivity contribution is 5.82. The lowest BCUT2D eigenvalue weighted by Crippen LogP contribution is -2.68. The molecule has 0 bridgehead atoms. The maximum absolute atomic E-state index is 13.8. The van der Waals surface area contributed by atoms with Gasteiger partial charge in [-0.2, -0.15) is 13.2 Å². The van der Waals surface area contributed by atoms with Gasteiger partial charge in [-0.3, -0.25) is 4.79 Å². The Kier molecular flexibility index (Phi) is 13.9. The van der Waals surface area contributed by atoms with Crippen molar-refractivity contribution >= 4 is 11.9 Å². The van der Waals surface area contributed by atoms with E-state index in [-0.39, 0.29) is 36.5 Å². The van der Waals surface area contributed by atoms with Crippen LogP contribution < -0.4 is 5.32 Å². The minimum Gasteiger partial charge on any atom is -0.506 e. The molecule has 7 N–H and O–H groups in total. The Morgan fingerprint density at radius 3 is 2.26 bits per heavy atom. The number of amides is 1. The van der Waals surface area contributed by atoms with Crippen LogP contribution in [0.15, 0.2) is 11.5 Å². The molecule has 3 aliphatic heterocycles. The molecule has 10 unspecified atom stereocenters. The van der Waals surface area contributed by atoms with Crippen molar-refractivity contribution in [2.75, 3.05) is 13.7 Å². The average molecular weight is 772 g/mol. The van der Waals surface area contributed by atoms with Crippen LogP contribution in [0.1, 0.15) is 71.6 Å². The summed E-state index contributed by atoms with van der Waals surface area (Å²) in [6, 6.07) is -1.96. The van der Waals surface area contributed by atoms with Crippen LogP contribution in [-0.2, 0) is 42.7 Å². The summed E-state index contributed by atoms with van der Waals surface area (Å²) < 4.78 is 82.3. The van der Waals surface area contributed by atoms with Gasteiger partial charge in [0, 0.05) is 7.11 Å². The Labute approximate surface area is 304 Å². The molecule has 0 radical (unpaired) electrons. The van der Waals surface area contributed by atoms with E-state index in [1.807, 2.05) is 6.92 Å². The Hall–Kier alpha value is -2.33. The number of allylic oxidation sites excluding steroid dienone is 1. The number of carbonyl (C=O) groups excluding carboxylic acids is 1. The molecule has 4 fully saturated rings. The number of ether oxygens (including phenoxy) is 7. The summed E-state index contributed by atoms with van der Waals surface area (Å²) in [5.41, 5.74) is 0. The summed E-state index contributed by atoms with van der Waals surface area (Å²) in [5, 5.41) is 64.7. The van der Waals surface area contributed by atoms with Crippen LogP contribution in [0.25, 0.3) is 0 Å². The van der Waals surface area contributed by atoms with Crippen molar-refractivity contribution in [2.24, 2.45) is 17.8 Å². The minimum absolute atomic E-state index is 0.00585. The third-order valence-corrected chi connectivity index (χ3v) is 11.1. The highest BCUT2D eigenvalue weighted by Crippen LogP contribution is 2.45. The summed E-state index contributed by atoms with van der Waals surface area (Å²) in [7, 11) is 1.46. The summed E-state index contributed by atoms with van der Waals surface area (Å²) in [4.78, 5) is 24.9. The van der Waals surface area contributed by atoms with Crippen LogP contribution in [0.3, 0.4) is 0 Å². The zero-order valence-electron chi connectivity index (χ0n) is 29.8. The van der Waals surface area contributed by atoms with Crippen LogP contribution in [0.2, 0.25) is 0 Å². The number of nitrogens with one attached hydrogen (secondary N) is 1. The van der Waals surface area contributed by atoms with E-state index in [0.717, 1.165) is 19.3 Å². The monoisotopic (exact) mass is 771 g/mol. The lowest BCUT2D eigenvalue weighted by molar-refractivity contribution is -0.320. The molecule has 2 saturated carbocycles. The van der Waals surface area contributed by atoms with Gasteiger partial charge in [-0.1, -0.05) is 45.4 Å². The Morgan fingerprint density at radius 1 is 0.981 bits per heavy atom. The molecule has 0 spiro atoms. The van der Waals surface area contributed by atoms with Crippen molar-refractivity contribution in [2.45, 2.75) is 158 Å². The van der Waals surface area contributed by atoms with Gasteiger partial charge in [-0.15, -0.1) is 0 Å². The standard InChI is InChI=1S/C34H52F3NO15/c1-4-16-11-17(27-32(47-3)53-27)12-18(26(16)52-31-25(43)24(42)22(40)14(2)48-31)50-30-21(38-33(46)34(35,36)37)28(23(41)20(13-39)51-30)49-19(29(44)45)10-15-8-6-5-7-9-15/h15-21,23-28,30-32,39-43H,4-13H2,1-3H3,(H,38,46)(H,44,45)/t16?,17?,18-,19+,20?,21?,23+,24?,25+,26?,27?,28?,30-,31?,32?/m1/s1. The average Bonchev–Trinajstić information content (AvgIpc) is 3.92. The van der Waals surface area contributed by atoms with Crippen molar-refractivity contribution in [3.63, 3.8) is 0 Å². The quantitative estimate of drug-likeness (QED) is 0.124. The van der Waals surface area contributed by atoms with Gasteiger partial charge < -0.3 is 69.1 Å². The van der Waals surface area contributed by atoms with Crippen molar-refractivity contribution in [3.8, 4) is 0 Å². The second-order valence-corrected chi connectivity index (χ2v) is 14.6. The van der Waals surface area contributed by atoms with Crippen molar-refractivity contribution < 1.29 is 86.6 Å². The van der Waals surface area contributed by atoms with Gasteiger partial charge in [0.25, 0.3) is 0 Å². The number of carbonyl (C=O) groups is 2. The normalized spacial score (nSPS) is 40.3. The number of alkyl halides is 3. The summed E-state index contributed by atoms with van der Waals surface area (Å²) in [6.07, 6.45) is -17.1. The summed E-state index contributed by atoms with van der Waals surface area (Å²) in [5.74, 6) is -5.29. The Bertz CT molecular complexity index is 1280. The number of rotatable bonds is 14. The number of aliphatic hydroxyl groups excluding tert-OH is 5. The van der Waals surface area contributed by atoms with E-state index in [1.54, 1.807) is 5.32 Å². The molecule has 0 aromatic rings. The molecule has 5 rings (SSSR count). The molecule has 16 nitrogen and oxygen atoms in total. The lowest BCUT2D eigenvalue weighted by Gasteiger charge is -2.49. The Morgan fingerprint density at radius 2 is 1.68 bits per heavy atom. The molecular weight excluding hydrogens is 719 g/mol. The molecule has 5 aliphatic rings. The topological polar surface area (TPSA) is 235 Å². The highest BCUT2D eigenvalue weighted by atomic mass is 19.4. The molecule has 3 heterocycles. The van der Waals surface area contributed by atoms with Gasteiger partial charge in [-0.05, 0) is 43.9 Å². The maximum atomic E-state index is 13.8. The van der Waals surface area contributed by atoms with Crippen LogP contribution in [-0.4, -0.2) is 142 Å². The molecule has 0 aromatic heterocycles. The summed E-state index contributed by atoms with van der Waals surface area (Å²) >= 11 is 0. The zero-order chi connectivity index (χ0) is 38.8. The highest BCUT2D eigenvalue weighted by Gasteiger charge is 2.56.